The van der Waals surface area contributed by atoms with E-state index in [2.05, 4.69) is 33.2 Å². The average molecular weight is 418 g/mol. The molecule has 0 N–H and O–H groups in total. The van der Waals surface area contributed by atoms with E-state index in [4.69, 9.17) is 11.6 Å². The first-order valence-electron chi connectivity index (χ1n) is 5.82. The number of nitrogens with zero attached hydrogens (tertiary/aromatic N) is 3. The van der Waals surface area contributed by atoms with Crippen molar-refractivity contribution in [1.82, 2.24) is 15.0 Å². The number of aromatic nitrogens is 3. The zero-order valence-corrected chi connectivity index (χ0v) is 14.9. The van der Waals surface area contributed by atoms with Gasteiger partial charge in [0.1, 0.15) is 5.52 Å². The minimum absolute atomic E-state index is 0. The highest BCUT2D eigenvalue weighted by Gasteiger charge is 2.14. The number of halogens is 3. The topological polar surface area (TPSA) is 30.7 Å². The van der Waals surface area contributed by atoms with E-state index < -0.39 is 0 Å². The van der Waals surface area contributed by atoms with Crippen LogP contribution >= 0.6 is 44.5 Å². The van der Waals surface area contributed by atoms with Crippen molar-refractivity contribution >= 4 is 55.5 Å². The SMILES string of the molecule is Br.Cc1c(-c2ccc(Cl)cc2)c(Br)cc2c1nnn2C. The molecule has 2 aromatic carbocycles. The summed E-state index contributed by atoms with van der Waals surface area (Å²) < 4.78 is 2.81. The first-order valence-corrected chi connectivity index (χ1v) is 6.99. The predicted molar refractivity (Wildman–Crippen MR) is 91.7 cm³/mol. The Hall–Kier alpha value is -0.910. The molecule has 3 rings (SSSR count). The first kappa shape index (κ1) is 15.5. The Labute approximate surface area is 140 Å². The lowest BCUT2D eigenvalue weighted by atomic mass is 9.99. The van der Waals surface area contributed by atoms with Crippen molar-refractivity contribution in [2.75, 3.05) is 0 Å². The molecule has 3 nitrogen and oxygen atoms in total. The summed E-state index contributed by atoms with van der Waals surface area (Å²) in [5, 5.41) is 9.03. The van der Waals surface area contributed by atoms with Crippen LogP contribution in [0.25, 0.3) is 22.2 Å². The molecule has 0 bridgehead atoms. The van der Waals surface area contributed by atoms with E-state index in [1.807, 2.05) is 37.4 Å². The van der Waals surface area contributed by atoms with Gasteiger partial charge in [0.05, 0.1) is 5.52 Å². The molecule has 6 heteroatoms. The van der Waals surface area contributed by atoms with Crippen LogP contribution in [0, 0.1) is 6.92 Å². The van der Waals surface area contributed by atoms with Gasteiger partial charge in [0.15, 0.2) is 0 Å². The molecule has 0 atom stereocenters. The highest BCUT2D eigenvalue weighted by atomic mass is 79.9. The summed E-state index contributed by atoms with van der Waals surface area (Å²) in [7, 11) is 1.89. The molecule has 0 radical (unpaired) electrons. The quantitative estimate of drug-likeness (QED) is 0.562. The minimum Gasteiger partial charge on any atom is -0.248 e. The number of aryl methyl sites for hydroxylation is 2. The summed E-state index contributed by atoms with van der Waals surface area (Å²) in [5.41, 5.74) is 5.29. The van der Waals surface area contributed by atoms with Crippen LogP contribution in [0.4, 0.5) is 0 Å². The zero-order chi connectivity index (χ0) is 13.6. The smallest absolute Gasteiger partial charge is 0.116 e. The lowest BCUT2D eigenvalue weighted by Crippen LogP contribution is -1.91. The van der Waals surface area contributed by atoms with Crippen molar-refractivity contribution in [3.05, 3.63) is 45.4 Å². The fourth-order valence-corrected chi connectivity index (χ4v) is 3.12. The number of benzene rings is 2. The van der Waals surface area contributed by atoms with Crippen LogP contribution in [-0.2, 0) is 7.05 Å². The van der Waals surface area contributed by atoms with E-state index in [9.17, 15) is 0 Å². The van der Waals surface area contributed by atoms with Gasteiger partial charge < -0.3 is 0 Å². The van der Waals surface area contributed by atoms with Gasteiger partial charge in [0.2, 0.25) is 0 Å². The summed E-state index contributed by atoms with van der Waals surface area (Å²) in [6.07, 6.45) is 0. The molecular weight excluding hydrogens is 405 g/mol. The Morgan fingerprint density at radius 1 is 1.20 bits per heavy atom. The van der Waals surface area contributed by atoms with Crippen molar-refractivity contribution in [1.29, 1.82) is 0 Å². The minimum atomic E-state index is 0. The fraction of sp³-hybridized carbons (Fsp3) is 0.143. The normalized spacial score (nSPS) is 10.6. The maximum Gasteiger partial charge on any atom is 0.116 e. The fourth-order valence-electron chi connectivity index (χ4n) is 2.25. The van der Waals surface area contributed by atoms with Crippen LogP contribution in [0.2, 0.25) is 5.02 Å². The van der Waals surface area contributed by atoms with Crippen molar-refractivity contribution in [3.63, 3.8) is 0 Å². The Kier molecular flexibility index (Phi) is 4.52. The van der Waals surface area contributed by atoms with Crippen LogP contribution in [0.3, 0.4) is 0 Å². The van der Waals surface area contributed by atoms with Gasteiger partial charge in [-0.05, 0) is 36.2 Å². The van der Waals surface area contributed by atoms with Gasteiger partial charge >= 0.3 is 0 Å². The number of rotatable bonds is 1. The molecule has 0 fully saturated rings. The number of fused-ring (bicyclic) bond motifs is 1. The monoisotopic (exact) mass is 415 g/mol. The maximum absolute atomic E-state index is 5.94. The van der Waals surface area contributed by atoms with Crippen LogP contribution in [0.1, 0.15) is 5.56 Å². The third-order valence-corrected chi connectivity index (χ3v) is 4.11. The van der Waals surface area contributed by atoms with Gasteiger partial charge in [-0.25, -0.2) is 4.68 Å². The summed E-state index contributed by atoms with van der Waals surface area (Å²) in [5.74, 6) is 0. The van der Waals surface area contributed by atoms with Crippen molar-refractivity contribution in [2.45, 2.75) is 6.92 Å². The molecule has 104 valence electrons. The van der Waals surface area contributed by atoms with E-state index >= 15 is 0 Å². The molecule has 1 aromatic heterocycles. The molecule has 0 aliphatic rings. The molecule has 0 aliphatic heterocycles. The standard InChI is InChI=1S/C14H11BrClN3.BrH/c1-8-13(9-3-5-10(16)6-4-9)11(15)7-12-14(8)17-18-19(12)2;/h3-7H,1-2H3;1H. The molecular formula is C14H12Br2ClN3. The Morgan fingerprint density at radius 3 is 2.50 bits per heavy atom. The molecule has 0 aliphatic carbocycles. The molecule has 0 unspecified atom stereocenters. The second-order valence-corrected chi connectivity index (χ2v) is 5.74. The van der Waals surface area contributed by atoms with Crippen molar-refractivity contribution in [3.8, 4) is 11.1 Å². The van der Waals surface area contributed by atoms with Gasteiger partial charge in [0, 0.05) is 22.1 Å². The second-order valence-electron chi connectivity index (χ2n) is 4.45. The van der Waals surface area contributed by atoms with Crippen LogP contribution < -0.4 is 0 Å². The van der Waals surface area contributed by atoms with E-state index in [0.717, 1.165) is 37.2 Å². The van der Waals surface area contributed by atoms with E-state index in [-0.39, 0.29) is 17.0 Å². The highest BCUT2D eigenvalue weighted by molar-refractivity contribution is 9.10. The molecule has 0 amide bonds. The van der Waals surface area contributed by atoms with Crippen molar-refractivity contribution in [2.24, 2.45) is 7.05 Å². The lowest BCUT2D eigenvalue weighted by molar-refractivity contribution is 0.736. The third-order valence-electron chi connectivity index (χ3n) is 3.24. The molecule has 3 aromatic rings. The molecule has 0 saturated carbocycles. The molecule has 0 saturated heterocycles. The Balaban J connectivity index is 0.00000147. The van der Waals surface area contributed by atoms with Gasteiger partial charge in [0.25, 0.3) is 0 Å². The lowest BCUT2D eigenvalue weighted by Gasteiger charge is -2.10. The van der Waals surface area contributed by atoms with E-state index in [0.29, 0.717) is 0 Å². The van der Waals surface area contributed by atoms with Gasteiger partial charge in [-0.15, -0.1) is 22.1 Å². The Bertz CT molecular complexity index is 766. The summed E-state index contributed by atoms with van der Waals surface area (Å²) >= 11 is 9.58. The maximum atomic E-state index is 5.94. The largest absolute Gasteiger partial charge is 0.248 e. The van der Waals surface area contributed by atoms with Gasteiger partial charge in [-0.1, -0.05) is 44.9 Å². The summed E-state index contributed by atoms with van der Waals surface area (Å²) in [6, 6.07) is 9.86. The highest BCUT2D eigenvalue weighted by Crippen LogP contribution is 2.36. The second kappa shape index (κ2) is 5.84. The van der Waals surface area contributed by atoms with Gasteiger partial charge in [-0.2, -0.15) is 0 Å². The van der Waals surface area contributed by atoms with E-state index in [1.165, 1.54) is 0 Å². The molecule has 0 spiro atoms. The molecule has 1 heterocycles. The van der Waals surface area contributed by atoms with Crippen LogP contribution in [0.15, 0.2) is 34.8 Å². The number of hydrogen-bond donors (Lipinski definition) is 0. The van der Waals surface area contributed by atoms with Crippen LogP contribution in [-0.4, -0.2) is 15.0 Å². The predicted octanol–water partition coefficient (Wildman–Crippen LogP) is 4.94. The third kappa shape index (κ3) is 2.50. The zero-order valence-electron chi connectivity index (χ0n) is 10.9. The average Bonchev–Trinajstić information content (AvgIpc) is 2.74. The van der Waals surface area contributed by atoms with Crippen LogP contribution in [0.5, 0.6) is 0 Å². The Morgan fingerprint density at radius 2 is 1.85 bits per heavy atom. The van der Waals surface area contributed by atoms with Crippen molar-refractivity contribution < 1.29 is 0 Å². The molecule has 20 heavy (non-hydrogen) atoms. The van der Waals surface area contributed by atoms with E-state index in [1.54, 1.807) is 4.68 Å². The first-order chi connectivity index (χ1) is 9.08. The van der Waals surface area contributed by atoms with Gasteiger partial charge in [-0.3, -0.25) is 0 Å². The summed E-state index contributed by atoms with van der Waals surface area (Å²) in [6.45, 7) is 2.06. The number of hydrogen-bond acceptors (Lipinski definition) is 2. The summed E-state index contributed by atoms with van der Waals surface area (Å²) in [4.78, 5) is 0.